The van der Waals surface area contributed by atoms with Gasteiger partial charge in [0.05, 0.1) is 5.69 Å². The van der Waals surface area contributed by atoms with E-state index in [2.05, 4.69) is 15.6 Å². The van der Waals surface area contributed by atoms with Crippen LogP contribution in [0.3, 0.4) is 0 Å². The van der Waals surface area contributed by atoms with Crippen LogP contribution in [0.1, 0.15) is 17.4 Å². The van der Waals surface area contributed by atoms with E-state index in [-0.39, 0.29) is 11.6 Å². The quantitative estimate of drug-likeness (QED) is 0.568. The molecule has 0 aliphatic carbocycles. The van der Waals surface area contributed by atoms with Crippen LogP contribution >= 0.6 is 0 Å². The first-order valence-electron chi connectivity index (χ1n) is 4.45. The number of anilines is 1. The molecule has 0 saturated carbocycles. The minimum atomic E-state index is -1.12. The molecule has 7 heteroatoms. The SMILES string of the molecule is CC(=O)Nc1c[nH]c(C(=O)NCC(=O)O)c1. The van der Waals surface area contributed by atoms with Gasteiger partial charge in [0.25, 0.3) is 5.91 Å². The number of carboxylic acids is 1. The highest BCUT2D eigenvalue weighted by molar-refractivity contribution is 5.96. The van der Waals surface area contributed by atoms with E-state index in [4.69, 9.17) is 5.11 Å². The van der Waals surface area contributed by atoms with Crippen LogP contribution in [0.15, 0.2) is 12.3 Å². The fourth-order valence-electron chi connectivity index (χ4n) is 1.05. The van der Waals surface area contributed by atoms with Crippen molar-refractivity contribution in [3.8, 4) is 0 Å². The molecule has 1 rings (SSSR count). The fraction of sp³-hybridized carbons (Fsp3) is 0.222. The highest BCUT2D eigenvalue weighted by Crippen LogP contribution is 2.08. The van der Waals surface area contributed by atoms with Gasteiger partial charge >= 0.3 is 5.97 Å². The maximum atomic E-state index is 11.3. The third-order valence-corrected chi connectivity index (χ3v) is 1.65. The van der Waals surface area contributed by atoms with Gasteiger partial charge in [-0.05, 0) is 6.07 Å². The van der Waals surface area contributed by atoms with E-state index in [9.17, 15) is 14.4 Å². The molecule has 0 aliphatic heterocycles. The zero-order valence-electron chi connectivity index (χ0n) is 8.53. The number of carbonyl (C=O) groups is 3. The lowest BCUT2D eigenvalue weighted by molar-refractivity contribution is -0.135. The Morgan fingerprint density at radius 3 is 2.69 bits per heavy atom. The molecule has 0 radical (unpaired) electrons. The van der Waals surface area contributed by atoms with Crippen LogP contribution in [-0.4, -0.2) is 34.4 Å². The number of amides is 2. The van der Waals surface area contributed by atoms with E-state index < -0.39 is 18.4 Å². The first kappa shape index (κ1) is 11.8. The first-order valence-corrected chi connectivity index (χ1v) is 4.45. The zero-order chi connectivity index (χ0) is 12.1. The second-order valence-electron chi connectivity index (χ2n) is 3.06. The van der Waals surface area contributed by atoms with Crippen LogP contribution in [0.4, 0.5) is 5.69 Å². The largest absolute Gasteiger partial charge is 0.480 e. The number of rotatable bonds is 4. The Morgan fingerprint density at radius 1 is 1.44 bits per heavy atom. The molecule has 7 nitrogen and oxygen atoms in total. The van der Waals surface area contributed by atoms with Crippen molar-refractivity contribution in [2.24, 2.45) is 0 Å². The minimum absolute atomic E-state index is 0.185. The average Bonchev–Trinajstić information content (AvgIpc) is 2.61. The van der Waals surface area contributed by atoms with Gasteiger partial charge in [0.1, 0.15) is 12.2 Å². The molecule has 0 unspecified atom stereocenters. The number of carbonyl (C=O) groups excluding carboxylic acids is 2. The molecular weight excluding hydrogens is 214 g/mol. The molecule has 2 amide bonds. The third-order valence-electron chi connectivity index (χ3n) is 1.65. The minimum Gasteiger partial charge on any atom is -0.480 e. The Bertz CT molecular complexity index is 424. The summed E-state index contributed by atoms with van der Waals surface area (Å²) in [5, 5.41) is 13.0. The van der Waals surface area contributed by atoms with E-state index in [1.807, 2.05) is 0 Å². The Morgan fingerprint density at radius 2 is 2.12 bits per heavy atom. The van der Waals surface area contributed by atoms with E-state index in [0.29, 0.717) is 5.69 Å². The normalized spacial score (nSPS) is 9.56. The van der Waals surface area contributed by atoms with E-state index >= 15 is 0 Å². The Hall–Kier alpha value is -2.31. The summed E-state index contributed by atoms with van der Waals surface area (Å²) in [4.78, 5) is 34.9. The molecule has 0 fully saturated rings. The van der Waals surface area contributed by atoms with Crippen molar-refractivity contribution < 1.29 is 19.5 Å². The molecule has 16 heavy (non-hydrogen) atoms. The second-order valence-corrected chi connectivity index (χ2v) is 3.06. The van der Waals surface area contributed by atoms with Crippen LogP contribution in [-0.2, 0) is 9.59 Å². The monoisotopic (exact) mass is 225 g/mol. The molecule has 0 aliphatic rings. The standard InChI is InChI=1S/C9H11N3O4/c1-5(13)12-6-2-7(10-3-6)9(16)11-4-8(14)15/h2-3,10H,4H2,1H3,(H,11,16)(H,12,13)(H,14,15). The van der Waals surface area contributed by atoms with Crippen molar-refractivity contribution >= 4 is 23.5 Å². The number of H-pyrrole nitrogens is 1. The molecular formula is C9H11N3O4. The van der Waals surface area contributed by atoms with Gasteiger partial charge in [0.15, 0.2) is 0 Å². The number of aromatic nitrogens is 1. The predicted molar refractivity (Wildman–Crippen MR) is 55.1 cm³/mol. The second kappa shape index (κ2) is 4.96. The van der Waals surface area contributed by atoms with Crippen molar-refractivity contribution in [1.82, 2.24) is 10.3 Å². The maximum absolute atomic E-state index is 11.3. The molecule has 4 N–H and O–H groups in total. The summed E-state index contributed by atoms with van der Waals surface area (Å²) in [6, 6.07) is 1.42. The van der Waals surface area contributed by atoms with Gasteiger partial charge in [-0.1, -0.05) is 0 Å². The Labute approximate surface area is 90.8 Å². The summed E-state index contributed by atoms with van der Waals surface area (Å²) >= 11 is 0. The molecule has 1 heterocycles. The van der Waals surface area contributed by atoms with Crippen molar-refractivity contribution in [3.63, 3.8) is 0 Å². The summed E-state index contributed by atoms with van der Waals surface area (Å²) in [6.45, 7) is 0.893. The summed E-state index contributed by atoms with van der Waals surface area (Å²) < 4.78 is 0. The third kappa shape index (κ3) is 3.45. The summed E-state index contributed by atoms with van der Waals surface area (Å²) in [5.41, 5.74) is 0.637. The molecule has 1 aromatic rings. The summed E-state index contributed by atoms with van der Waals surface area (Å²) in [5.74, 6) is -1.92. The number of carboxylic acid groups (broad SMARTS) is 1. The average molecular weight is 225 g/mol. The maximum Gasteiger partial charge on any atom is 0.322 e. The lowest BCUT2D eigenvalue weighted by atomic mass is 10.4. The topological polar surface area (TPSA) is 111 Å². The van der Waals surface area contributed by atoms with Gasteiger partial charge in [-0.3, -0.25) is 14.4 Å². The number of hydrogen-bond acceptors (Lipinski definition) is 3. The molecule has 0 atom stereocenters. The van der Waals surface area contributed by atoms with Gasteiger partial charge < -0.3 is 20.7 Å². The van der Waals surface area contributed by atoms with Gasteiger partial charge in [-0.15, -0.1) is 0 Å². The van der Waals surface area contributed by atoms with Crippen LogP contribution in [0.25, 0.3) is 0 Å². The zero-order valence-corrected chi connectivity index (χ0v) is 8.53. The molecule has 0 bridgehead atoms. The first-order chi connectivity index (χ1) is 7.49. The number of aromatic amines is 1. The van der Waals surface area contributed by atoms with Crippen molar-refractivity contribution in [1.29, 1.82) is 0 Å². The van der Waals surface area contributed by atoms with Crippen LogP contribution in [0.5, 0.6) is 0 Å². The van der Waals surface area contributed by atoms with Crippen molar-refractivity contribution in [3.05, 3.63) is 18.0 Å². The lowest BCUT2D eigenvalue weighted by Gasteiger charge is -1.98. The Balaban J connectivity index is 2.59. The highest BCUT2D eigenvalue weighted by Gasteiger charge is 2.09. The fourth-order valence-corrected chi connectivity index (χ4v) is 1.05. The van der Waals surface area contributed by atoms with Gasteiger partial charge in [-0.2, -0.15) is 0 Å². The van der Waals surface area contributed by atoms with E-state index in [0.717, 1.165) is 0 Å². The molecule has 0 aromatic carbocycles. The smallest absolute Gasteiger partial charge is 0.322 e. The molecule has 0 saturated heterocycles. The lowest BCUT2D eigenvalue weighted by Crippen LogP contribution is -2.29. The number of hydrogen-bond donors (Lipinski definition) is 4. The summed E-state index contributed by atoms with van der Waals surface area (Å²) in [7, 11) is 0. The molecule has 86 valence electrons. The number of aliphatic carboxylic acids is 1. The van der Waals surface area contributed by atoms with Crippen LogP contribution in [0.2, 0.25) is 0 Å². The van der Waals surface area contributed by atoms with Crippen LogP contribution in [0, 0.1) is 0 Å². The van der Waals surface area contributed by atoms with E-state index in [1.54, 1.807) is 0 Å². The Kier molecular flexibility index (Phi) is 3.65. The van der Waals surface area contributed by atoms with Crippen molar-refractivity contribution in [2.45, 2.75) is 6.92 Å². The highest BCUT2D eigenvalue weighted by atomic mass is 16.4. The van der Waals surface area contributed by atoms with Gasteiger partial charge in [0, 0.05) is 13.1 Å². The molecule has 1 aromatic heterocycles. The van der Waals surface area contributed by atoms with E-state index in [1.165, 1.54) is 19.2 Å². The van der Waals surface area contributed by atoms with Gasteiger partial charge in [-0.25, -0.2) is 0 Å². The number of nitrogens with one attached hydrogen (secondary N) is 3. The summed E-state index contributed by atoms with van der Waals surface area (Å²) in [6.07, 6.45) is 1.44. The van der Waals surface area contributed by atoms with Crippen LogP contribution < -0.4 is 10.6 Å². The van der Waals surface area contributed by atoms with Gasteiger partial charge in [0.2, 0.25) is 5.91 Å². The predicted octanol–water partition coefficient (Wildman–Crippen LogP) is -0.213. The van der Waals surface area contributed by atoms with Crippen molar-refractivity contribution in [2.75, 3.05) is 11.9 Å². The molecule has 0 spiro atoms.